The van der Waals surface area contributed by atoms with E-state index in [1.807, 2.05) is 36.0 Å². The van der Waals surface area contributed by atoms with Crippen LogP contribution in [0.25, 0.3) is 11.1 Å². The normalized spacial score (nSPS) is 26.5. The molecule has 2 heterocycles. The van der Waals surface area contributed by atoms with Gasteiger partial charge in [-0.2, -0.15) is 11.8 Å². The average molecular weight is 438 g/mol. The molecule has 1 amide bonds. The third-order valence-electron chi connectivity index (χ3n) is 6.85. The Morgan fingerprint density at radius 2 is 1.58 bits per heavy atom. The van der Waals surface area contributed by atoms with Crippen molar-refractivity contribution in [3.63, 3.8) is 0 Å². The van der Waals surface area contributed by atoms with Crippen LogP contribution in [-0.4, -0.2) is 41.8 Å². The van der Waals surface area contributed by atoms with E-state index >= 15 is 0 Å². The first-order chi connectivity index (χ1) is 15.1. The minimum absolute atomic E-state index is 0.00600. The van der Waals surface area contributed by atoms with Crippen LogP contribution in [0, 0.1) is 0 Å². The van der Waals surface area contributed by atoms with E-state index in [1.54, 1.807) is 0 Å². The first-order valence-corrected chi connectivity index (χ1v) is 11.9. The van der Waals surface area contributed by atoms with E-state index in [4.69, 9.17) is 9.47 Å². The number of esters is 1. The smallest absolute Gasteiger partial charge is 0.408 e. The fraction of sp³-hybridized carbons (Fsp3) is 0.440. The van der Waals surface area contributed by atoms with Crippen molar-refractivity contribution in [3.05, 3.63) is 59.7 Å². The molecule has 5 nitrogen and oxygen atoms in total. The van der Waals surface area contributed by atoms with Crippen molar-refractivity contribution >= 4 is 23.8 Å². The summed E-state index contributed by atoms with van der Waals surface area (Å²) in [6, 6.07) is 16.5. The number of benzene rings is 2. The number of hydrogen-bond donors (Lipinski definition) is 1. The van der Waals surface area contributed by atoms with Gasteiger partial charge in [-0.05, 0) is 47.9 Å². The number of nitrogens with one attached hydrogen (secondary N) is 1. The van der Waals surface area contributed by atoms with Gasteiger partial charge in [-0.15, -0.1) is 0 Å². The van der Waals surface area contributed by atoms with Gasteiger partial charge in [0.1, 0.15) is 12.1 Å². The maximum atomic E-state index is 12.9. The van der Waals surface area contributed by atoms with Gasteiger partial charge >= 0.3 is 12.1 Å². The molecule has 2 atom stereocenters. The Hall–Kier alpha value is -2.47. The molecular formula is C25H27NO4S. The molecule has 6 heteroatoms. The Morgan fingerprint density at radius 1 is 1.00 bits per heavy atom. The molecule has 162 valence electrons. The SMILES string of the molecule is COC(=O)C1(NC(=O)OCC2c3ccccc3-c3ccccc32)CC2CCCC(C1)S2. The lowest BCUT2D eigenvalue weighted by molar-refractivity contribution is -0.149. The Kier molecular flexibility index (Phi) is 5.42. The summed E-state index contributed by atoms with van der Waals surface area (Å²) in [5, 5.41) is 3.69. The molecule has 3 aliphatic rings. The Bertz CT molecular complexity index is 949. The second-order valence-electron chi connectivity index (χ2n) is 8.74. The minimum Gasteiger partial charge on any atom is -0.467 e. The van der Waals surface area contributed by atoms with Gasteiger partial charge in [0.25, 0.3) is 0 Å². The fourth-order valence-corrected chi connectivity index (χ4v) is 7.40. The first kappa shape index (κ1) is 20.4. The molecule has 2 aromatic carbocycles. The fourth-order valence-electron chi connectivity index (χ4n) is 5.49. The zero-order chi connectivity index (χ0) is 21.4. The number of alkyl carbamates (subject to hydrolysis) is 1. The number of methoxy groups -OCH3 is 1. The summed E-state index contributed by atoms with van der Waals surface area (Å²) in [7, 11) is 1.39. The van der Waals surface area contributed by atoms with E-state index < -0.39 is 11.6 Å². The summed E-state index contributed by atoms with van der Waals surface area (Å²) in [5.41, 5.74) is 3.73. The quantitative estimate of drug-likeness (QED) is 0.691. The van der Waals surface area contributed by atoms with Crippen LogP contribution in [-0.2, 0) is 14.3 Å². The highest BCUT2D eigenvalue weighted by Gasteiger charge is 2.50. The van der Waals surface area contributed by atoms with Crippen molar-refractivity contribution < 1.29 is 19.1 Å². The molecule has 0 saturated carbocycles. The summed E-state index contributed by atoms with van der Waals surface area (Å²) >= 11 is 1.95. The van der Waals surface area contributed by atoms with Crippen molar-refractivity contribution in [2.45, 2.75) is 54.1 Å². The highest BCUT2D eigenvalue weighted by atomic mass is 32.2. The van der Waals surface area contributed by atoms with Crippen LogP contribution < -0.4 is 5.32 Å². The van der Waals surface area contributed by atoms with Crippen molar-refractivity contribution in [2.75, 3.05) is 13.7 Å². The number of hydrogen-bond acceptors (Lipinski definition) is 5. The van der Waals surface area contributed by atoms with Crippen LogP contribution in [0.5, 0.6) is 0 Å². The van der Waals surface area contributed by atoms with Crippen LogP contribution in [0.4, 0.5) is 4.79 Å². The van der Waals surface area contributed by atoms with E-state index in [-0.39, 0.29) is 18.5 Å². The van der Waals surface area contributed by atoms with Crippen LogP contribution >= 0.6 is 11.8 Å². The van der Waals surface area contributed by atoms with Crippen LogP contribution in [0.15, 0.2) is 48.5 Å². The van der Waals surface area contributed by atoms with Crippen LogP contribution in [0.1, 0.15) is 49.1 Å². The Balaban J connectivity index is 1.32. The maximum Gasteiger partial charge on any atom is 0.408 e. The Labute approximate surface area is 186 Å². The van der Waals surface area contributed by atoms with Crippen LogP contribution in [0.3, 0.4) is 0 Å². The van der Waals surface area contributed by atoms with Crippen molar-refractivity contribution in [3.8, 4) is 11.1 Å². The average Bonchev–Trinajstić information content (AvgIpc) is 3.10. The molecule has 2 saturated heterocycles. The molecule has 2 aromatic rings. The van der Waals surface area contributed by atoms with Gasteiger partial charge < -0.3 is 14.8 Å². The van der Waals surface area contributed by atoms with E-state index in [0.29, 0.717) is 23.3 Å². The Morgan fingerprint density at radius 3 is 2.16 bits per heavy atom. The highest BCUT2D eigenvalue weighted by molar-refractivity contribution is 8.00. The lowest BCUT2D eigenvalue weighted by Gasteiger charge is -2.44. The zero-order valence-corrected chi connectivity index (χ0v) is 18.5. The zero-order valence-electron chi connectivity index (χ0n) is 17.6. The first-order valence-electron chi connectivity index (χ1n) is 11.0. The molecule has 2 fully saturated rings. The van der Waals surface area contributed by atoms with E-state index in [1.165, 1.54) is 35.8 Å². The van der Waals surface area contributed by atoms with Crippen LogP contribution in [0.2, 0.25) is 0 Å². The summed E-state index contributed by atoms with van der Waals surface area (Å²) in [6.07, 6.45) is 4.00. The van der Waals surface area contributed by atoms with Gasteiger partial charge in [-0.3, -0.25) is 0 Å². The second kappa shape index (κ2) is 8.23. The topological polar surface area (TPSA) is 64.6 Å². The number of rotatable bonds is 4. The van der Waals surface area contributed by atoms with Gasteiger partial charge in [0.05, 0.1) is 7.11 Å². The summed E-state index contributed by atoms with van der Waals surface area (Å²) < 4.78 is 10.8. The monoisotopic (exact) mass is 437 g/mol. The lowest BCUT2D eigenvalue weighted by atomic mass is 9.82. The predicted octanol–water partition coefficient (Wildman–Crippen LogP) is 4.89. The molecule has 5 rings (SSSR count). The predicted molar refractivity (Wildman–Crippen MR) is 121 cm³/mol. The van der Waals surface area contributed by atoms with E-state index in [2.05, 4.69) is 29.6 Å². The molecule has 0 radical (unpaired) electrons. The molecule has 1 N–H and O–H groups in total. The van der Waals surface area contributed by atoms with Gasteiger partial charge in [0, 0.05) is 16.4 Å². The second-order valence-corrected chi connectivity index (χ2v) is 10.3. The summed E-state index contributed by atoms with van der Waals surface area (Å²) in [4.78, 5) is 25.6. The summed E-state index contributed by atoms with van der Waals surface area (Å²) in [6.45, 7) is 0.235. The maximum absolute atomic E-state index is 12.9. The molecule has 2 unspecified atom stereocenters. The molecule has 0 spiro atoms. The minimum atomic E-state index is -0.988. The number of thioether (sulfide) groups is 1. The largest absolute Gasteiger partial charge is 0.467 e. The highest BCUT2D eigenvalue weighted by Crippen LogP contribution is 2.47. The van der Waals surface area contributed by atoms with Gasteiger partial charge in [0.2, 0.25) is 0 Å². The van der Waals surface area contributed by atoms with Gasteiger partial charge in [0.15, 0.2) is 0 Å². The number of amides is 1. The number of fused-ring (bicyclic) bond motifs is 5. The third-order valence-corrected chi connectivity index (χ3v) is 8.43. The standard InChI is InChI=1S/C25H27NO4S/c1-29-23(27)25(13-16-7-6-8-17(14-25)31-16)26-24(28)30-15-22-20-11-4-2-9-18(20)19-10-3-5-12-21(19)22/h2-5,9-12,16-17,22H,6-8,13-15H2,1H3,(H,26,28). The molecule has 1 aliphatic carbocycles. The van der Waals surface area contributed by atoms with Crippen molar-refractivity contribution in [2.24, 2.45) is 0 Å². The van der Waals surface area contributed by atoms with Gasteiger partial charge in [-0.25, -0.2) is 9.59 Å². The van der Waals surface area contributed by atoms with Gasteiger partial charge in [-0.1, -0.05) is 55.0 Å². The van der Waals surface area contributed by atoms with Crippen molar-refractivity contribution in [1.82, 2.24) is 5.32 Å². The number of carbonyl (C=O) groups is 2. The molecule has 2 bridgehead atoms. The lowest BCUT2D eigenvalue weighted by Crippen LogP contribution is -2.60. The number of carbonyl (C=O) groups excluding carboxylic acids is 2. The summed E-state index contributed by atoms with van der Waals surface area (Å²) in [5.74, 6) is -0.369. The molecule has 31 heavy (non-hydrogen) atoms. The third kappa shape index (κ3) is 3.71. The van der Waals surface area contributed by atoms with E-state index in [0.717, 1.165) is 12.8 Å². The molecule has 0 aromatic heterocycles. The van der Waals surface area contributed by atoms with E-state index in [9.17, 15) is 9.59 Å². The van der Waals surface area contributed by atoms with Crippen molar-refractivity contribution in [1.29, 1.82) is 0 Å². The molecular weight excluding hydrogens is 410 g/mol. The number of ether oxygens (including phenoxy) is 2. The molecule has 2 aliphatic heterocycles.